The molecule has 7 heteroatoms. The maximum atomic E-state index is 14.3. The van der Waals surface area contributed by atoms with Crippen LogP contribution in [0.25, 0.3) is 5.00 Å². The van der Waals surface area contributed by atoms with Crippen molar-refractivity contribution in [3.8, 4) is 10.8 Å². The van der Waals surface area contributed by atoms with Gasteiger partial charge in [-0.15, -0.1) is 11.3 Å². The number of halogens is 1. The highest BCUT2D eigenvalue weighted by atomic mass is 32.1. The summed E-state index contributed by atoms with van der Waals surface area (Å²) in [4.78, 5) is 17.3. The lowest BCUT2D eigenvalue weighted by molar-refractivity contribution is 0.194. The second kappa shape index (κ2) is 9.71. The highest BCUT2D eigenvalue weighted by molar-refractivity contribution is 7.15. The molecule has 0 saturated carbocycles. The van der Waals surface area contributed by atoms with Crippen LogP contribution >= 0.6 is 11.3 Å². The fourth-order valence-electron chi connectivity index (χ4n) is 5.54. The Morgan fingerprint density at radius 3 is 2.81 bits per heavy atom. The van der Waals surface area contributed by atoms with Crippen molar-refractivity contribution in [2.24, 2.45) is 0 Å². The van der Waals surface area contributed by atoms with Gasteiger partial charge in [-0.2, -0.15) is 0 Å². The molecule has 1 atom stereocenters. The maximum Gasteiger partial charge on any atom is 0.322 e. The summed E-state index contributed by atoms with van der Waals surface area (Å²) in [5.41, 5.74) is 5.61. The third-order valence-electron chi connectivity index (χ3n) is 7.35. The Kier molecular flexibility index (Phi) is 6.24. The van der Waals surface area contributed by atoms with Gasteiger partial charge in [0, 0.05) is 22.3 Å². The van der Waals surface area contributed by atoms with Gasteiger partial charge in [0.25, 0.3) is 0 Å². The fraction of sp³-hybridized carbons (Fsp3) is 0.300. The van der Waals surface area contributed by atoms with Gasteiger partial charge in [0.2, 0.25) is 0 Å². The number of nitrogens with zero attached hydrogens (tertiary/aromatic N) is 2. The monoisotopic (exact) mass is 515 g/mol. The Hall–Kier alpha value is -3.58. The molecule has 0 bridgehead atoms. The smallest absolute Gasteiger partial charge is 0.322 e. The molecule has 0 saturated heterocycles. The van der Waals surface area contributed by atoms with E-state index in [9.17, 15) is 9.18 Å². The second-order valence-electron chi connectivity index (χ2n) is 9.73. The number of hydrogen-bond donors (Lipinski definition) is 1. The summed E-state index contributed by atoms with van der Waals surface area (Å²) in [6.45, 7) is 4.72. The number of aromatic nitrogens is 1. The first kappa shape index (κ1) is 23.8. The number of rotatable bonds is 4. The van der Waals surface area contributed by atoms with E-state index in [0.717, 1.165) is 29.8 Å². The Bertz CT molecular complexity index is 1470. The molecule has 0 spiro atoms. The van der Waals surface area contributed by atoms with Crippen LogP contribution in [0.4, 0.5) is 14.9 Å². The number of carbonyl (C=O) groups is 1. The van der Waals surface area contributed by atoms with E-state index in [-0.39, 0.29) is 17.9 Å². The minimum atomic E-state index is -0.343. The molecule has 2 aliphatic rings. The molecule has 4 aromatic rings. The zero-order valence-corrected chi connectivity index (χ0v) is 21.9. The summed E-state index contributed by atoms with van der Waals surface area (Å²) in [7, 11) is 0. The molecule has 6 rings (SSSR count). The number of ether oxygens (including phenoxy) is 1. The molecule has 1 N–H and O–H groups in total. The quantitative estimate of drug-likeness (QED) is 0.308. The average molecular weight is 516 g/mol. The zero-order chi connectivity index (χ0) is 25.5. The molecule has 2 aromatic carbocycles. The lowest BCUT2D eigenvalue weighted by Gasteiger charge is -2.31. The Labute approximate surface area is 220 Å². The predicted octanol–water partition coefficient (Wildman–Crippen LogP) is 7.40. The summed E-state index contributed by atoms with van der Waals surface area (Å²) in [5, 5.41) is 4.19. The van der Waals surface area contributed by atoms with Crippen LogP contribution in [0.2, 0.25) is 0 Å². The maximum absolute atomic E-state index is 14.3. The molecule has 3 heterocycles. The lowest BCUT2D eigenvalue weighted by Crippen LogP contribution is -2.38. The van der Waals surface area contributed by atoms with Crippen molar-refractivity contribution in [1.82, 2.24) is 9.47 Å². The van der Waals surface area contributed by atoms with Crippen LogP contribution in [-0.2, 0) is 19.4 Å². The summed E-state index contributed by atoms with van der Waals surface area (Å²) >= 11 is 1.86. The van der Waals surface area contributed by atoms with Gasteiger partial charge in [0.1, 0.15) is 16.6 Å². The van der Waals surface area contributed by atoms with Crippen molar-refractivity contribution in [3.63, 3.8) is 0 Å². The first-order chi connectivity index (χ1) is 18.0. The molecular formula is C30H30FN3O2S. The number of thiophene rings is 1. The van der Waals surface area contributed by atoms with E-state index in [1.807, 2.05) is 53.5 Å². The van der Waals surface area contributed by atoms with Crippen LogP contribution < -0.4 is 10.1 Å². The van der Waals surface area contributed by atoms with Crippen LogP contribution in [0.15, 0.2) is 60.8 Å². The second-order valence-corrected chi connectivity index (χ2v) is 10.8. The largest absolute Gasteiger partial charge is 0.494 e. The van der Waals surface area contributed by atoms with Gasteiger partial charge in [-0.25, -0.2) is 9.18 Å². The molecule has 0 fully saturated rings. The molecule has 2 amide bonds. The topological polar surface area (TPSA) is 46.5 Å². The number of urea groups is 1. The molecule has 5 nitrogen and oxygen atoms in total. The first-order valence-electron chi connectivity index (χ1n) is 12.9. The molecule has 190 valence electrons. The average Bonchev–Trinajstić information content (AvgIpc) is 3.48. The highest BCUT2D eigenvalue weighted by Crippen LogP contribution is 2.44. The van der Waals surface area contributed by atoms with Crippen LogP contribution in [0.3, 0.4) is 0 Å². The third kappa shape index (κ3) is 4.31. The summed E-state index contributed by atoms with van der Waals surface area (Å²) < 4.78 is 22.4. The third-order valence-corrected chi connectivity index (χ3v) is 8.68. The van der Waals surface area contributed by atoms with Crippen LogP contribution in [-0.4, -0.2) is 22.1 Å². The SMILES string of the molecule is CCOc1cccc(C2c3cccn3-c3sc4c(c3CN2C(=O)Nc2ccc(C)c(F)c2)CCCC4)c1. The number of nitrogens with one attached hydrogen (secondary N) is 1. The number of aryl methyl sites for hydroxylation is 2. The molecule has 1 aliphatic carbocycles. The fourth-order valence-corrected chi connectivity index (χ4v) is 6.95. The van der Waals surface area contributed by atoms with E-state index in [2.05, 4.69) is 22.1 Å². The van der Waals surface area contributed by atoms with Gasteiger partial charge in [-0.3, -0.25) is 0 Å². The Balaban J connectivity index is 1.48. The van der Waals surface area contributed by atoms with E-state index >= 15 is 0 Å². The van der Waals surface area contributed by atoms with Crippen molar-refractivity contribution in [3.05, 3.63) is 99.4 Å². The van der Waals surface area contributed by atoms with Gasteiger partial charge in [0.15, 0.2) is 0 Å². The highest BCUT2D eigenvalue weighted by Gasteiger charge is 2.36. The molecular weight excluding hydrogens is 485 g/mol. The number of fused-ring (bicyclic) bond motifs is 5. The summed E-state index contributed by atoms with van der Waals surface area (Å²) in [6, 6.07) is 16.3. The van der Waals surface area contributed by atoms with Crippen LogP contribution in [0.1, 0.15) is 58.6 Å². The first-order valence-corrected chi connectivity index (χ1v) is 13.7. The lowest BCUT2D eigenvalue weighted by atomic mass is 9.95. The molecule has 0 radical (unpaired) electrons. The predicted molar refractivity (Wildman–Crippen MR) is 145 cm³/mol. The van der Waals surface area contributed by atoms with E-state index in [1.165, 1.54) is 39.9 Å². The number of carbonyl (C=O) groups excluding carboxylic acids is 1. The minimum absolute atomic E-state index is 0.258. The number of anilines is 1. The molecule has 37 heavy (non-hydrogen) atoms. The Morgan fingerprint density at radius 1 is 1.11 bits per heavy atom. The molecule has 1 aliphatic heterocycles. The van der Waals surface area contributed by atoms with E-state index in [0.29, 0.717) is 24.4 Å². The van der Waals surface area contributed by atoms with E-state index in [1.54, 1.807) is 19.1 Å². The van der Waals surface area contributed by atoms with Crippen LogP contribution in [0, 0.1) is 12.7 Å². The van der Waals surface area contributed by atoms with Gasteiger partial charge in [0.05, 0.1) is 24.9 Å². The van der Waals surface area contributed by atoms with Crippen molar-refractivity contribution in [2.45, 2.75) is 52.1 Å². The molecule has 2 aromatic heterocycles. The summed E-state index contributed by atoms with van der Waals surface area (Å²) in [6.07, 6.45) is 6.62. The van der Waals surface area contributed by atoms with Gasteiger partial charge >= 0.3 is 6.03 Å². The van der Waals surface area contributed by atoms with Crippen molar-refractivity contribution in [1.29, 1.82) is 0 Å². The van der Waals surface area contributed by atoms with Gasteiger partial charge in [-0.1, -0.05) is 18.2 Å². The normalized spacial score (nSPS) is 16.4. The van der Waals surface area contributed by atoms with E-state index < -0.39 is 0 Å². The Morgan fingerprint density at radius 2 is 1.97 bits per heavy atom. The van der Waals surface area contributed by atoms with Crippen molar-refractivity contribution in [2.75, 3.05) is 11.9 Å². The van der Waals surface area contributed by atoms with Gasteiger partial charge in [-0.05, 0) is 92.6 Å². The number of hydrogen-bond acceptors (Lipinski definition) is 3. The van der Waals surface area contributed by atoms with E-state index in [4.69, 9.17) is 4.74 Å². The number of amides is 2. The van der Waals surface area contributed by atoms with Crippen LogP contribution in [0.5, 0.6) is 5.75 Å². The zero-order valence-electron chi connectivity index (χ0n) is 21.1. The van der Waals surface area contributed by atoms with Crippen molar-refractivity contribution < 1.29 is 13.9 Å². The number of benzene rings is 2. The molecule has 1 unspecified atom stereocenters. The van der Waals surface area contributed by atoms with Gasteiger partial charge < -0.3 is 19.5 Å². The standard InChI is InChI=1S/C30H30FN3O2S/c1-3-36-22-9-6-8-20(16-22)28-26-11-7-15-33(26)29-24(23-10-4-5-12-27(23)37-29)18-34(28)30(35)32-21-14-13-19(2)25(31)17-21/h6-9,11,13-17,28H,3-5,10,12,18H2,1-2H3,(H,32,35). The minimum Gasteiger partial charge on any atom is -0.494 e. The van der Waals surface area contributed by atoms with Crippen molar-refractivity contribution >= 4 is 23.1 Å². The summed E-state index contributed by atoms with van der Waals surface area (Å²) in [5.74, 6) is 0.438.